The third-order valence-corrected chi connectivity index (χ3v) is 3.84. The van der Waals surface area contributed by atoms with Crippen LogP contribution in [0.4, 0.5) is 0 Å². The Morgan fingerprint density at radius 3 is 2.56 bits per heavy atom. The molecule has 0 aliphatic carbocycles. The first-order valence-corrected chi connectivity index (χ1v) is 8.80. The zero-order chi connectivity index (χ0) is 17.2. The third kappa shape index (κ3) is 7.64. The third-order valence-electron chi connectivity index (χ3n) is 3.84. The predicted octanol–water partition coefficient (Wildman–Crippen LogP) is 3.63. The second-order valence-electron chi connectivity index (χ2n) is 6.12. The number of aromatic nitrogens is 1. The van der Waals surface area contributed by atoms with Gasteiger partial charge < -0.3 is 19.9 Å². The molecule has 140 valence electrons. The van der Waals surface area contributed by atoms with Gasteiger partial charge in [-0.25, -0.2) is 0 Å². The van der Waals surface area contributed by atoms with Crippen molar-refractivity contribution < 1.29 is 4.74 Å². The monoisotopic (exact) mass is 458 g/mol. The van der Waals surface area contributed by atoms with Crippen LogP contribution < -0.4 is 10.6 Å². The standard InChI is InChI=1S/C19H30N4O.HI/c1-16(2)24-15-7-12-22-19(20-3)21-11-6-13-23-14-10-17-8-4-5-9-18(17)23;/h4-5,8-10,14,16H,6-7,11-13,15H2,1-3H3,(H2,20,21,22);1H. The molecule has 0 saturated carbocycles. The molecule has 1 aromatic carbocycles. The van der Waals surface area contributed by atoms with E-state index in [9.17, 15) is 0 Å². The van der Waals surface area contributed by atoms with Crippen LogP contribution >= 0.6 is 24.0 Å². The Kier molecular flexibility index (Phi) is 10.6. The van der Waals surface area contributed by atoms with Crippen LogP contribution in [0.15, 0.2) is 41.5 Å². The van der Waals surface area contributed by atoms with Gasteiger partial charge >= 0.3 is 0 Å². The first-order valence-electron chi connectivity index (χ1n) is 8.80. The molecular weight excluding hydrogens is 427 g/mol. The highest BCUT2D eigenvalue weighted by atomic mass is 127. The van der Waals surface area contributed by atoms with Crippen LogP contribution in [0.5, 0.6) is 0 Å². The summed E-state index contributed by atoms with van der Waals surface area (Å²) in [6.45, 7) is 7.66. The molecule has 5 nitrogen and oxygen atoms in total. The molecule has 0 aliphatic heterocycles. The average molecular weight is 458 g/mol. The summed E-state index contributed by atoms with van der Waals surface area (Å²) in [6.07, 6.45) is 4.49. The minimum atomic E-state index is 0. The lowest BCUT2D eigenvalue weighted by Gasteiger charge is -2.13. The Morgan fingerprint density at radius 1 is 1.12 bits per heavy atom. The van der Waals surface area contributed by atoms with Gasteiger partial charge in [0, 0.05) is 45.0 Å². The Balaban J connectivity index is 0.00000312. The van der Waals surface area contributed by atoms with Gasteiger partial charge in [0.15, 0.2) is 5.96 Å². The first kappa shape index (κ1) is 21.8. The molecular formula is C19H31IN4O. The molecule has 2 aromatic rings. The molecule has 0 unspecified atom stereocenters. The van der Waals surface area contributed by atoms with Crippen LogP contribution in [0.25, 0.3) is 10.9 Å². The molecule has 1 aromatic heterocycles. The van der Waals surface area contributed by atoms with E-state index in [0.29, 0.717) is 6.10 Å². The SMILES string of the molecule is CN=C(NCCCOC(C)C)NCCCn1ccc2ccccc21.I. The van der Waals surface area contributed by atoms with Crippen molar-refractivity contribution in [2.75, 3.05) is 26.7 Å². The number of fused-ring (bicyclic) bond motifs is 1. The lowest BCUT2D eigenvalue weighted by atomic mass is 10.2. The lowest BCUT2D eigenvalue weighted by molar-refractivity contribution is 0.0776. The molecule has 0 bridgehead atoms. The van der Waals surface area contributed by atoms with Crippen LogP contribution in [0, 0.1) is 0 Å². The molecule has 0 radical (unpaired) electrons. The number of rotatable bonds is 9. The summed E-state index contributed by atoms with van der Waals surface area (Å²) in [5, 5.41) is 7.98. The van der Waals surface area contributed by atoms with Crippen molar-refractivity contribution in [2.45, 2.75) is 39.3 Å². The van der Waals surface area contributed by atoms with Crippen molar-refractivity contribution in [1.82, 2.24) is 15.2 Å². The fourth-order valence-electron chi connectivity index (χ4n) is 2.61. The molecule has 6 heteroatoms. The number of guanidine groups is 1. The minimum Gasteiger partial charge on any atom is -0.379 e. The lowest BCUT2D eigenvalue weighted by Crippen LogP contribution is -2.38. The molecule has 25 heavy (non-hydrogen) atoms. The van der Waals surface area contributed by atoms with Gasteiger partial charge in [-0.05, 0) is 44.2 Å². The maximum absolute atomic E-state index is 5.53. The van der Waals surface area contributed by atoms with Crippen LogP contribution in [0.2, 0.25) is 0 Å². The van der Waals surface area contributed by atoms with Gasteiger partial charge in [0.1, 0.15) is 0 Å². The summed E-state index contributed by atoms with van der Waals surface area (Å²) in [7, 11) is 1.80. The van der Waals surface area contributed by atoms with Crippen molar-refractivity contribution in [2.24, 2.45) is 4.99 Å². The van der Waals surface area contributed by atoms with Gasteiger partial charge in [0.25, 0.3) is 0 Å². The number of aryl methyl sites for hydroxylation is 1. The van der Waals surface area contributed by atoms with E-state index in [-0.39, 0.29) is 24.0 Å². The number of benzene rings is 1. The largest absolute Gasteiger partial charge is 0.379 e. The Hall–Kier alpha value is -1.28. The first-order chi connectivity index (χ1) is 11.7. The van der Waals surface area contributed by atoms with E-state index in [2.05, 4.69) is 70.6 Å². The maximum atomic E-state index is 5.53. The topological polar surface area (TPSA) is 50.6 Å². The summed E-state index contributed by atoms with van der Waals surface area (Å²) in [4.78, 5) is 4.25. The normalized spacial score (nSPS) is 11.6. The van der Waals surface area contributed by atoms with Crippen molar-refractivity contribution in [1.29, 1.82) is 0 Å². The molecule has 2 rings (SSSR count). The van der Waals surface area contributed by atoms with Gasteiger partial charge in [-0.15, -0.1) is 24.0 Å². The predicted molar refractivity (Wildman–Crippen MR) is 117 cm³/mol. The highest BCUT2D eigenvalue weighted by Gasteiger charge is 2.01. The summed E-state index contributed by atoms with van der Waals surface area (Å²) < 4.78 is 7.83. The van der Waals surface area contributed by atoms with E-state index in [1.165, 1.54) is 10.9 Å². The number of aliphatic imine (C=N–C) groups is 1. The molecule has 0 amide bonds. The van der Waals surface area contributed by atoms with Crippen LogP contribution in [-0.4, -0.2) is 43.4 Å². The molecule has 0 fully saturated rings. The molecule has 0 atom stereocenters. The number of nitrogens with one attached hydrogen (secondary N) is 2. The van der Waals surface area contributed by atoms with Crippen molar-refractivity contribution in [3.05, 3.63) is 36.5 Å². The smallest absolute Gasteiger partial charge is 0.190 e. The minimum absolute atomic E-state index is 0. The molecule has 0 saturated heterocycles. The number of hydrogen-bond acceptors (Lipinski definition) is 2. The zero-order valence-corrected chi connectivity index (χ0v) is 17.8. The fourth-order valence-corrected chi connectivity index (χ4v) is 2.61. The molecule has 2 N–H and O–H groups in total. The van der Waals surface area contributed by atoms with Crippen molar-refractivity contribution in [3.8, 4) is 0 Å². The van der Waals surface area contributed by atoms with Crippen LogP contribution in [-0.2, 0) is 11.3 Å². The molecule has 1 heterocycles. The van der Waals surface area contributed by atoms with Crippen LogP contribution in [0.1, 0.15) is 26.7 Å². The number of hydrogen-bond donors (Lipinski definition) is 2. The number of halogens is 1. The van der Waals surface area contributed by atoms with E-state index >= 15 is 0 Å². The van der Waals surface area contributed by atoms with Crippen molar-refractivity contribution >= 4 is 40.8 Å². The highest BCUT2D eigenvalue weighted by Crippen LogP contribution is 2.15. The van der Waals surface area contributed by atoms with Gasteiger partial charge in [0.05, 0.1) is 6.10 Å². The Labute approximate surface area is 168 Å². The molecule has 0 aliphatic rings. The highest BCUT2D eigenvalue weighted by molar-refractivity contribution is 14.0. The summed E-state index contributed by atoms with van der Waals surface area (Å²) >= 11 is 0. The average Bonchev–Trinajstić information content (AvgIpc) is 2.99. The van der Waals surface area contributed by atoms with E-state index in [1.54, 1.807) is 7.05 Å². The Morgan fingerprint density at radius 2 is 1.84 bits per heavy atom. The van der Waals surface area contributed by atoms with E-state index in [1.807, 2.05) is 0 Å². The van der Waals surface area contributed by atoms with Crippen molar-refractivity contribution in [3.63, 3.8) is 0 Å². The number of ether oxygens (including phenoxy) is 1. The second-order valence-corrected chi connectivity index (χ2v) is 6.12. The number of nitrogens with zero attached hydrogens (tertiary/aromatic N) is 2. The molecule has 0 spiro atoms. The van der Waals surface area contributed by atoms with E-state index in [4.69, 9.17) is 4.74 Å². The summed E-state index contributed by atoms with van der Waals surface area (Å²) in [6, 6.07) is 10.7. The summed E-state index contributed by atoms with van der Waals surface area (Å²) in [5.41, 5.74) is 1.30. The van der Waals surface area contributed by atoms with Gasteiger partial charge in [-0.3, -0.25) is 4.99 Å². The van der Waals surface area contributed by atoms with E-state index in [0.717, 1.165) is 45.0 Å². The van der Waals surface area contributed by atoms with E-state index < -0.39 is 0 Å². The van der Waals surface area contributed by atoms with Crippen LogP contribution in [0.3, 0.4) is 0 Å². The van der Waals surface area contributed by atoms with Gasteiger partial charge in [0.2, 0.25) is 0 Å². The maximum Gasteiger partial charge on any atom is 0.190 e. The Bertz CT molecular complexity index is 639. The quantitative estimate of drug-likeness (QED) is 0.261. The fraction of sp³-hybridized carbons (Fsp3) is 0.526. The second kappa shape index (κ2) is 12.1. The summed E-state index contributed by atoms with van der Waals surface area (Å²) in [5.74, 6) is 0.858. The van der Waals surface area contributed by atoms with Gasteiger partial charge in [-0.1, -0.05) is 18.2 Å². The number of para-hydroxylation sites is 1. The van der Waals surface area contributed by atoms with Gasteiger partial charge in [-0.2, -0.15) is 0 Å². The zero-order valence-electron chi connectivity index (χ0n) is 15.5.